The summed E-state index contributed by atoms with van der Waals surface area (Å²) in [6.07, 6.45) is 0.640. The predicted molar refractivity (Wildman–Crippen MR) is 94.5 cm³/mol. The molecule has 0 aromatic heterocycles. The van der Waals surface area contributed by atoms with Crippen LogP contribution in [0.3, 0.4) is 0 Å². The van der Waals surface area contributed by atoms with Crippen LogP contribution in [-0.4, -0.2) is 26.6 Å². The normalized spacial score (nSPS) is 16.1. The second kappa shape index (κ2) is 6.65. The summed E-state index contributed by atoms with van der Waals surface area (Å²) in [5.41, 5.74) is 3.34. The number of amides is 1. The van der Waals surface area contributed by atoms with Gasteiger partial charge in [-0.2, -0.15) is 0 Å². The largest absolute Gasteiger partial charge is 0.348 e. The van der Waals surface area contributed by atoms with Gasteiger partial charge in [-0.25, -0.2) is 8.42 Å². The number of benzene rings is 2. The van der Waals surface area contributed by atoms with Gasteiger partial charge in [-0.15, -0.1) is 0 Å². The molecule has 6 heteroatoms. The van der Waals surface area contributed by atoms with E-state index in [0.717, 1.165) is 5.56 Å². The van der Waals surface area contributed by atoms with Gasteiger partial charge in [-0.1, -0.05) is 29.8 Å². The van der Waals surface area contributed by atoms with Crippen molar-refractivity contribution in [3.05, 3.63) is 65.2 Å². The lowest BCUT2D eigenvalue weighted by atomic mass is 10.1. The molecule has 1 fully saturated rings. The highest BCUT2D eigenvalue weighted by Crippen LogP contribution is 2.24. The van der Waals surface area contributed by atoms with Crippen LogP contribution in [0.5, 0.6) is 0 Å². The van der Waals surface area contributed by atoms with Crippen LogP contribution >= 0.6 is 0 Å². The van der Waals surface area contributed by atoms with Crippen molar-refractivity contribution < 1.29 is 13.2 Å². The number of hydrogen-bond donors (Lipinski definition) is 1. The third-order valence-electron chi connectivity index (χ3n) is 4.09. The van der Waals surface area contributed by atoms with Crippen LogP contribution in [0, 0.1) is 6.92 Å². The summed E-state index contributed by atoms with van der Waals surface area (Å²) >= 11 is 0. The number of carbonyl (C=O) groups excluding carboxylic acids is 1. The maximum Gasteiger partial charge on any atom is 0.251 e. The Balaban J connectivity index is 1.64. The van der Waals surface area contributed by atoms with Crippen molar-refractivity contribution in [2.75, 3.05) is 16.6 Å². The van der Waals surface area contributed by atoms with E-state index in [4.69, 9.17) is 0 Å². The van der Waals surface area contributed by atoms with Crippen molar-refractivity contribution in [3.63, 3.8) is 0 Å². The molecule has 2 aromatic carbocycles. The molecule has 1 aliphatic heterocycles. The van der Waals surface area contributed by atoms with Crippen molar-refractivity contribution in [3.8, 4) is 0 Å². The molecule has 0 bridgehead atoms. The Bertz CT molecular complexity index is 828. The molecule has 24 heavy (non-hydrogen) atoms. The molecule has 1 heterocycles. The fraction of sp³-hybridized carbons (Fsp3) is 0.278. The zero-order valence-electron chi connectivity index (χ0n) is 13.5. The summed E-state index contributed by atoms with van der Waals surface area (Å²) in [4.78, 5) is 12.2. The van der Waals surface area contributed by atoms with Crippen LogP contribution in [0.4, 0.5) is 5.69 Å². The Kier molecular flexibility index (Phi) is 4.57. The van der Waals surface area contributed by atoms with E-state index >= 15 is 0 Å². The molecule has 2 aromatic rings. The van der Waals surface area contributed by atoms with Gasteiger partial charge in [0.15, 0.2) is 0 Å². The van der Waals surface area contributed by atoms with Gasteiger partial charge in [0.2, 0.25) is 10.0 Å². The Morgan fingerprint density at radius 1 is 1.08 bits per heavy atom. The number of hydrogen-bond acceptors (Lipinski definition) is 3. The van der Waals surface area contributed by atoms with E-state index in [1.807, 2.05) is 31.2 Å². The van der Waals surface area contributed by atoms with Crippen molar-refractivity contribution >= 4 is 21.6 Å². The maximum atomic E-state index is 12.2. The maximum absolute atomic E-state index is 12.2. The number of anilines is 1. The molecule has 0 saturated carbocycles. The van der Waals surface area contributed by atoms with Gasteiger partial charge in [-0.3, -0.25) is 9.10 Å². The molecule has 0 atom stereocenters. The first kappa shape index (κ1) is 16.5. The number of carbonyl (C=O) groups is 1. The average molecular weight is 344 g/mol. The van der Waals surface area contributed by atoms with Crippen molar-refractivity contribution in [1.82, 2.24) is 5.32 Å². The zero-order chi connectivity index (χ0) is 17.2. The third-order valence-corrected chi connectivity index (χ3v) is 5.96. The lowest BCUT2D eigenvalue weighted by molar-refractivity contribution is 0.0951. The number of aryl methyl sites for hydroxylation is 1. The minimum atomic E-state index is -3.19. The lowest BCUT2D eigenvalue weighted by Gasteiger charge is -2.17. The SMILES string of the molecule is Cc1ccc(CNC(=O)c2ccc(N3CCCS3(=O)=O)cc2)cc1. The van der Waals surface area contributed by atoms with Gasteiger partial charge >= 0.3 is 0 Å². The van der Waals surface area contributed by atoms with Crippen LogP contribution in [-0.2, 0) is 16.6 Å². The molecule has 0 spiro atoms. The summed E-state index contributed by atoms with van der Waals surface area (Å²) in [5.74, 6) is 0.0117. The molecular formula is C18H20N2O3S. The van der Waals surface area contributed by atoms with Gasteiger partial charge in [0.1, 0.15) is 0 Å². The minimum absolute atomic E-state index is 0.175. The predicted octanol–water partition coefficient (Wildman–Crippen LogP) is 2.46. The van der Waals surface area contributed by atoms with Crippen LogP contribution in [0.2, 0.25) is 0 Å². The van der Waals surface area contributed by atoms with Crippen LogP contribution < -0.4 is 9.62 Å². The van der Waals surface area contributed by atoms with Crippen molar-refractivity contribution in [2.45, 2.75) is 19.9 Å². The fourth-order valence-electron chi connectivity index (χ4n) is 2.70. The molecule has 0 aliphatic carbocycles. The molecule has 1 N–H and O–H groups in total. The fourth-order valence-corrected chi connectivity index (χ4v) is 4.26. The molecule has 1 amide bonds. The van der Waals surface area contributed by atoms with Crippen LogP contribution in [0.25, 0.3) is 0 Å². The smallest absolute Gasteiger partial charge is 0.251 e. The molecule has 0 unspecified atom stereocenters. The number of nitrogens with zero attached hydrogens (tertiary/aromatic N) is 1. The minimum Gasteiger partial charge on any atom is -0.348 e. The Labute approximate surface area is 142 Å². The van der Waals surface area contributed by atoms with Gasteiger partial charge < -0.3 is 5.32 Å². The highest BCUT2D eigenvalue weighted by molar-refractivity contribution is 7.93. The van der Waals surface area contributed by atoms with Gasteiger partial charge in [0.05, 0.1) is 11.4 Å². The topological polar surface area (TPSA) is 66.5 Å². The number of nitrogens with one attached hydrogen (secondary N) is 1. The summed E-state index contributed by atoms with van der Waals surface area (Å²) in [5, 5.41) is 2.87. The Morgan fingerprint density at radius 3 is 2.33 bits per heavy atom. The first-order valence-electron chi connectivity index (χ1n) is 7.90. The van der Waals surface area contributed by atoms with E-state index in [2.05, 4.69) is 5.32 Å². The molecule has 1 aliphatic rings. The zero-order valence-corrected chi connectivity index (χ0v) is 14.3. The van der Waals surface area contributed by atoms with Crippen LogP contribution in [0.1, 0.15) is 27.9 Å². The lowest BCUT2D eigenvalue weighted by Crippen LogP contribution is -2.25. The monoisotopic (exact) mass is 344 g/mol. The summed E-state index contributed by atoms with van der Waals surface area (Å²) in [6.45, 7) is 2.98. The first-order valence-corrected chi connectivity index (χ1v) is 9.51. The summed E-state index contributed by atoms with van der Waals surface area (Å²) < 4.78 is 25.2. The van der Waals surface area contributed by atoms with E-state index in [9.17, 15) is 13.2 Å². The van der Waals surface area contributed by atoms with Gasteiger partial charge in [0, 0.05) is 18.7 Å². The number of sulfonamides is 1. The second-order valence-electron chi connectivity index (χ2n) is 5.96. The van der Waals surface area contributed by atoms with Crippen molar-refractivity contribution in [1.29, 1.82) is 0 Å². The molecule has 3 rings (SSSR count). The summed E-state index contributed by atoms with van der Waals surface area (Å²) in [6, 6.07) is 14.7. The van der Waals surface area contributed by atoms with Gasteiger partial charge in [0.25, 0.3) is 5.91 Å². The Hall–Kier alpha value is -2.34. The average Bonchev–Trinajstić information content (AvgIpc) is 2.93. The quantitative estimate of drug-likeness (QED) is 0.926. The van der Waals surface area contributed by atoms with E-state index in [0.29, 0.717) is 30.8 Å². The van der Waals surface area contributed by atoms with E-state index in [1.54, 1.807) is 24.3 Å². The Morgan fingerprint density at radius 2 is 1.75 bits per heavy atom. The summed E-state index contributed by atoms with van der Waals surface area (Å²) in [7, 11) is -3.19. The third kappa shape index (κ3) is 3.59. The van der Waals surface area contributed by atoms with E-state index in [-0.39, 0.29) is 11.7 Å². The molecule has 126 valence electrons. The van der Waals surface area contributed by atoms with E-state index < -0.39 is 10.0 Å². The molecular weight excluding hydrogens is 324 g/mol. The number of rotatable bonds is 4. The molecule has 5 nitrogen and oxygen atoms in total. The van der Waals surface area contributed by atoms with Gasteiger partial charge in [-0.05, 0) is 43.2 Å². The molecule has 1 saturated heterocycles. The first-order chi connectivity index (χ1) is 11.5. The highest BCUT2D eigenvalue weighted by Gasteiger charge is 2.28. The standard InChI is InChI=1S/C18H20N2O3S/c1-14-3-5-15(6-4-14)13-19-18(21)16-7-9-17(10-8-16)20-11-2-12-24(20,22)23/h3-10H,2,11-13H2,1H3,(H,19,21). The second-order valence-corrected chi connectivity index (χ2v) is 7.97. The highest BCUT2D eigenvalue weighted by atomic mass is 32.2. The van der Waals surface area contributed by atoms with Crippen molar-refractivity contribution in [2.24, 2.45) is 0 Å². The van der Waals surface area contributed by atoms with E-state index in [1.165, 1.54) is 9.87 Å². The van der Waals surface area contributed by atoms with Crippen LogP contribution in [0.15, 0.2) is 48.5 Å². The molecule has 0 radical (unpaired) electrons.